The molecule has 0 saturated carbocycles. The molecule has 1 amide bonds. The Balaban J connectivity index is 1.93. The van der Waals surface area contributed by atoms with Gasteiger partial charge in [-0.05, 0) is 25.5 Å². The van der Waals surface area contributed by atoms with E-state index in [1.54, 1.807) is 11.8 Å². The van der Waals surface area contributed by atoms with E-state index in [-0.39, 0.29) is 11.7 Å². The lowest BCUT2D eigenvalue weighted by atomic mass is 10.2. The Morgan fingerprint density at radius 3 is 2.54 bits per heavy atom. The second-order valence-corrected chi connectivity index (χ2v) is 5.97. The Kier molecular flexibility index (Phi) is 5.76. The summed E-state index contributed by atoms with van der Waals surface area (Å²) in [4.78, 5) is 16.9. The number of nitrogens with zero attached hydrogens (tertiary/aromatic N) is 3. The molecule has 0 bridgehead atoms. The molecule has 0 saturated heterocycles. The number of rotatable bonds is 7. The number of amides is 1. The highest BCUT2D eigenvalue weighted by molar-refractivity contribution is 5.91. The van der Waals surface area contributed by atoms with Crippen molar-refractivity contribution in [2.75, 3.05) is 20.3 Å². The third-order valence-corrected chi connectivity index (χ3v) is 3.93. The Hall–Kier alpha value is -2.99. The average Bonchev–Trinajstić information content (AvgIpc) is 3.12. The molecule has 6 nitrogen and oxygen atoms in total. The zero-order chi connectivity index (χ0) is 18.4. The third-order valence-electron chi connectivity index (χ3n) is 3.93. The first-order valence-electron chi connectivity index (χ1n) is 8.55. The second-order valence-electron chi connectivity index (χ2n) is 5.97. The standard InChI is InChI=1S/C20H22N4O2/c1-15-9-11-17(12-10-15)24-19(16-7-4-3-5-8-16)22-18(23-24)20(25)21-13-6-14-26-2/h3-5,7-12H,6,13-14H2,1-2H3,(H,21,25). The molecular formula is C20H22N4O2. The number of methoxy groups -OCH3 is 1. The maximum Gasteiger partial charge on any atom is 0.290 e. The molecule has 1 N–H and O–H groups in total. The summed E-state index contributed by atoms with van der Waals surface area (Å²) in [6.07, 6.45) is 0.743. The molecule has 3 aromatic rings. The summed E-state index contributed by atoms with van der Waals surface area (Å²) in [7, 11) is 1.64. The van der Waals surface area contributed by atoms with Gasteiger partial charge in [-0.2, -0.15) is 0 Å². The van der Waals surface area contributed by atoms with Crippen molar-refractivity contribution >= 4 is 5.91 Å². The van der Waals surface area contributed by atoms with Crippen LogP contribution in [-0.4, -0.2) is 40.9 Å². The molecule has 0 aliphatic carbocycles. The molecular weight excluding hydrogens is 328 g/mol. The van der Waals surface area contributed by atoms with Crippen LogP contribution in [0.4, 0.5) is 0 Å². The monoisotopic (exact) mass is 350 g/mol. The zero-order valence-electron chi connectivity index (χ0n) is 15.0. The molecule has 0 fully saturated rings. The fourth-order valence-corrected chi connectivity index (χ4v) is 2.55. The van der Waals surface area contributed by atoms with E-state index >= 15 is 0 Å². The number of nitrogens with one attached hydrogen (secondary N) is 1. The van der Waals surface area contributed by atoms with Crippen LogP contribution in [0, 0.1) is 6.92 Å². The first kappa shape index (κ1) is 17.8. The Bertz CT molecular complexity index is 857. The number of aromatic nitrogens is 3. The summed E-state index contributed by atoms with van der Waals surface area (Å²) >= 11 is 0. The normalized spacial score (nSPS) is 10.7. The first-order chi connectivity index (χ1) is 12.7. The molecule has 26 heavy (non-hydrogen) atoms. The molecule has 1 heterocycles. The van der Waals surface area contributed by atoms with Gasteiger partial charge < -0.3 is 10.1 Å². The number of hydrogen-bond donors (Lipinski definition) is 1. The van der Waals surface area contributed by atoms with Crippen LogP contribution >= 0.6 is 0 Å². The van der Waals surface area contributed by atoms with Crippen LogP contribution < -0.4 is 5.32 Å². The number of benzene rings is 2. The Morgan fingerprint density at radius 2 is 1.85 bits per heavy atom. The quantitative estimate of drug-likeness (QED) is 0.665. The van der Waals surface area contributed by atoms with E-state index < -0.39 is 0 Å². The van der Waals surface area contributed by atoms with Gasteiger partial charge in [-0.1, -0.05) is 48.0 Å². The molecule has 0 spiro atoms. The van der Waals surface area contributed by atoms with E-state index in [0.717, 1.165) is 23.2 Å². The molecule has 0 aliphatic heterocycles. The smallest absolute Gasteiger partial charge is 0.290 e. The SMILES string of the molecule is COCCCNC(=O)c1nc(-c2ccccc2)n(-c2ccc(C)cc2)n1. The minimum Gasteiger partial charge on any atom is -0.385 e. The summed E-state index contributed by atoms with van der Waals surface area (Å²) in [6.45, 7) is 3.15. The summed E-state index contributed by atoms with van der Waals surface area (Å²) in [5.74, 6) is 0.502. The number of aryl methyl sites for hydroxylation is 1. The molecule has 0 aliphatic rings. The van der Waals surface area contributed by atoms with E-state index in [0.29, 0.717) is 19.0 Å². The predicted molar refractivity (Wildman–Crippen MR) is 100 cm³/mol. The number of hydrogen-bond acceptors (Lipinski definition) is 4. The van der Waals surface area contributed by atoms with Gasteiger partial charge in [-0.15, -0.1) is 5.10 Å². The van der Waals surface area contributed by atoms with Crippen LogP contribution in [0.1, 0.15) is 22.6 Å². The predicted octanol–water partition coefficient (Wildman–Crippen LogP) is 3.01. The van der Waals surface area contributed by atoms with E-state index in [1.165, 1.54) is 0 Å². The lowest BCUT2D eigenvalue weighted by Crippen LogP contribution is -2.26. The van der Waals surface area contributed by atoms with Crippen LogP contribution in [0.3, 0.4) is 0 Å². The minimum absolute atomic E-state index is 0.154. The molecule has 6 heteroatoms. The average molecular weight is 350 g/mol. The van der Waals surface area contributed by atoms with Gasteiger partial charge in [0.1, 0.15) is 0 Å². The maximum absolute atomic E-state index is 12.4. The highest BCUT2D eigenvalue weighted by Gasteiger charge is 2.18. The summed E-state index contributed by atoms with van der Waals surface area (Å²) in [5.41, 5.74) is 2.92. The van der Waals surface area contributed by atoms with Crippen molar-refractivity contribution in [1.29, 1.82) is 0 Å². The molecule has 1 aromatic heterocycles. The summed E-state index contributed by atoms with van der Waals surface area (Å²) in [6, 6.07) is 17.7. The molecule has 3 rings (SSSR count). The molecule has 2 aromatic carbocycles. The van der Waals surface area contributed by atoms with Crippen molar-refractivity contribution in [1.82, 2.24) is 20.1 Å². The van der Waals surface area contributed by atoms with Crippen LogP contribution in [0.15, 0.2) is 54.6 Å². The second kappa shape index (κ2) is 8.40. The first-order valence-corrected chi connectivity index (χ1v) is 8.55. The van der Waals surface area contributed by atoms with Crippen molar-refractivity contribution in [3.63, 3.8) is 0 Å². The van der Waals surface area contributed by atoms with Gasteiger partial charge in [-0.3, -0.25) is 4.79 Å². The van der Waals surface area contributed by atoms with Gasteiger partial charge in [0, 0.05) is 25.8 Å². The zero-order valence-corrected chi connectivity index (χ0v) is 15.0. The van der Waals surface area contributed by atoms with E-state index in [4.69, 9.17) is 4.74 Å². The maximum atomic E-state index is 12.4. The number of carbonyl (C=O) groups is 1. The van der Waals surface area contributed by atoms with Crippen molar-refractivity contribution in [2.24, 2.45) is 0 Å². The van der Waals surface area contributed by atoms with Crippen LogP contribution in [0.25, 0.3) is 17.1 Å². The van der Waals surface area contributed by atoms with Gasteiger partial charge in [0.05, 0.1) is 5.69 Å². The molecule has 0 unspecified atom stereocenters. The van der Waals surface area contributed by atoms with Crippen LogP contribution in [0.5, 0.6) is 0 Å². The third kappa shape index (κ3) is 4.15. The Morgan fingerprint density at radius 1 is 1.12 bits per heavy atom. The Labute approximate surface area is 152 Å². The van der Waals surface area contributed by atoms with E-state index in [9.17, 15) is 4.79 Å². The van der Waals surface area contributed by atoms with Crippen molar-refractivity contribution < 1.29 is 9.53 Å². The van der Waals surface area contributed by atoms with Gasteiger partial charge in [0.25, 0.3) is 5.91 Å². The lowest BCUT2D eigenvalue weighted by Gasteiger charge is -2.06. The van der Waals surface area contributed by atoms with E-state index in [2.05, 4.69) is 15.4 Å². The minimum atomic E-state index is -0.288. The van der Waals surface area contributed by atoms with Gasteiger partial charge >= 0.3 is 0 Å². The topological polar surface area (TPSA) is 69.0 Å². The number of carbonyl (C=O) groups excluding carboxylic acids is 1. The highest BCUT2D eigenvalue weighted by Crippen LogP contribution is 2.21. The largest absolute Gasteiger partial charge is 0.385 e. The molecule has 0 atom stereocenters. The highest BCUT2D eigenvalue weighted by atomic mass is 16.5. The fourth-order valence-electron chi connectivity index (χ4n) is 2.55. The molecule has 134 valence electrons. The van der Waals surface area contributed by atoms with E-state index in [1.807, 2.05) is 61.5 Å². The lowest BCUT2D eigenvalue weighted by molar-refractivity contribution is 0.0938. The fraction of sp³-hybridized carbons (Fsp3) is 0.250. The van der Waals surface area contributed by atoms with Crippen molar-refractivity contribution in [3.05, 3.63) is 66.0 Å². The van der Waals surface area contributed by atoms with Crippen LogP contribution in [0.2, 0.25) is 0 Å². The number of ether oxygens (including phenoxy) is 1. The van der Waals surface area contributed by atoms with Gasteiger partial charge in [-0.25, -0.2) is 9.67 Å². The van der Waals surface area contributed by atoms with Crippen molar-refractivity contribution in [3.8, 4) is 17.1 Å². The van der Waals surface area contributed by atoms with Crippen molar-refractivity contribution in [2.45, 2.75) is 13.3 Å². The van der Waals surface area contributed by atoms with Gasteiger partial charge in [0.2, 0.25) is 5.82 Å². The van der Waals surface area contributed by atoms with Crippen LogP contribution in [-0.2, 0) is 4.74 Å². The summed E-state index contributed by atoms with van der Waals surface area (Å²) in [5, 5.41) is 7.28. The summed E-state index contributed by atoms with van der Waals surface area (Å²) < 4.78 is 6.70. The van der Waals surface area contributed by atoms with Gasteiger partial charge in [0.15, 0.2) is 5.82 Å². The molecule has 0 radical (unpaired) electrons.